The Balaban J connectivity index is 3.00. The number of rotatable bonds is 3. The molecule has 0 heterocycles. The van der Waals surface area contributed by atoms with Gasteiger partial charge in [-0.15, -0.1) is 0 Å². The van der Waals surface area contributed by atoms with Crippen molar-refractivity contribution in [1.29, 1.82) is 0 Å². The summed E-state index contributed by atoms with van der Waals surface area (Å²) in [4.78, 5) is 12.5. The van der Waals surface area contributed by atoms with Crippen molar-refractivity contribution < 1.29 is 23.1 Å². The molecule has 1 N–H and O–H groups in total. The van der Waals surface area contributed by atoms with Gasteiger partial charge in [-0.25, -0.2) is 0 Å². The number of carbonyl (C=O) groups is 1. The van der Waals surface area contributed by atoms with E-state index in [4.69, 9.17) is 0 Å². The Morgan fingerprint density at radius 3 is 2.56 bits per heavy atom. The van der Waals surface area contributed by atoms with E-state index in [1.807, 2.05) is 22.6 Å². The Morgan fingerprint density at radius 2 is 2.06 bits per heavy atom. The van der Waals surface area contributed by atoms with Crippen LogP contribution in [0.2, 0.25) is 0 Å². The third-order valence-corrected chi connectivity index (χ3v) is 2.90. The van der Waals surface area contributed by atoms with Gasteiger partial charge in [-0.05, 0) is 47.7 Å². The molecule has 18 heavy (non-hydrogen) atoms. The van der Waals surface area contributed by atoms with E-state index in [1.54, 1.807) is 6.07 Å². The van der Waals surface area contributed by atoms with Gasteiger partial charge < -0.3 is 10.0 Å². The summed E-state index contributed by atoms with van der Waals surface area (Å²) in [5.74, 6) is -1.15. The molecule has 0 atom stereocenters. The van der Waals surface area contributed by atoms with Gasteiger partial charge in [0.05, 0.1) is 5.56 Å². The lowest BCUT2D eigenvalue weighted by Gasteiger charge is -2.22. The van der Waals surface area contributed by atoms with Crippen LogP contribution in [0.1, 0.15) is 17.3 Å². The SMILES string of the molecule is CCN(CC(F)(F)F)C(=O)c1cc(I)ccc1O. The molecule has 0 bridgehead atoms. The van der Waals surface area contributed by atoms with Gasteiger partial charge >= 0.3 is 6.18 Å². The topological polar surface area (TPSA) is 40.5 Å². The summed E-state index contributed by atoms with van der Waals surface area (Å²) in [5, 5.41) is 9.52. The zero-order valence-electron chi connectivity index (χ0n) is 9.46. The van der Waals surface area contributed by atoms with Crippen molar-refractivity contribution in [2.45, 2.75) is 13.1 Å². The lowest BCUT2D eigenvalue weighted by molar-refractivity contribution is -0.140. The summed E-state index contributed by atoms with van der Waals surface area (Å²) >= 11 is 1.92. The molecule has 1 amide bonds. The maximum atomic E-state index is 12.3. The third-order valence-electron chi connectivity index (χ3n) is 2.23. The average Bonchev–Trinajstić information content (AvgIpc) is 2.27. The van der Waals surface area contributed by atoms with E-state index in [0.29, 0.717) is 8.47 Å². The van der Waals surface area contributed by atoms with Crippen LogP contribution in [0.15, 0.2) is 18.2 Å². The number of benzene rings is 1. The first-order chi connectivity index (χ1) is 8.24. The fraction of sp³-hybridized carbons (Fsp3) is 0.364. The van der Waals surface area contributed by atoms with Gasteiger partial charge in [-0.1, -0.05) is 0 Å². The largest absolute Gasteiger partial charge is 0.507 e. The van der Waals surface area contributed by atoms with E-state index < -0.39 is 18.6 Å². The zero-order valence-corrected chi connectivity index (χ0v) is 11.6. The van der Waals surface area contributed by atoms with Crippen molar-refractivity contribution in [3.8, 4) is 5.75 Å². The van der Waals surface area contributed by atoms with Crippen molar-refractivity contribution in [1.82, 2.24) is 4.90 Å². The van der Waals surface area contributed by atoms with E-state index >= 15 is 0 Å². The molecule has 1 aromatic rings. The highest BCUT2D eigenvalue weighted by molar-refractivity contribution is 14.1. The minimum absolute atomic E-state index is 0.0801. The molecule has 0 aliphatic rings. The number of aromatic hydroxyl groups is 1. The number of phenols is 1. The van der Waals surface area contributed by atoms with Gasteiger partial charge in [0, 0.05) is 10.1 Å². The summed E-state index contributed by atoms with van der Waals surface area (Å²) < 4.78 is 37.5. The number of halogens is 4. The molecule has 0 radical (unpaired) electrons. The highest BCUT2D eigenvalue weighted by Crippen LogP contribution is 2.23. The van der Waals surface area contributed by atoms with Crippen molar-refractivity contribution >= 4 is 28.5 Å². The Labute approximate surface area is 116 Å². The molecule has 0 spiro atoms. The normalized spacial score (nSPS) is 11.4. The number of phenolic OH excluding ortho intramolecular Hbond substituents is 1. The Kier molecular flexibility index (Phi) is 4.83. The molecule has 0 aliphatic heterocycles. The van der Waals surface area contributed by atoms with Crippen LogP contribution in [0.25, 0.3) is 0 Å². The maximum Gasteiger partial charge on any atom is 0.406 e. The summed E-state index contributed by atoms with van der Waals surface area (Å²) in [6, 6.07) is 4.21. The van der Waals surface area contributed by atoms with Gasteiger partial charge in [-0.2, -0.15) is 13.2 Å². The number of amides is 1. The zero-order chi connectivity index (χ0) is 13.9. The molecular formula is C11H11F3INO2. The van der Waals surface area contributed by atoms with E-state index in [9.17, 15) is 23.1 Å². The fourth-order valence-electron chi connectivity index (χ4n) is 1.39. The van der Waals surface area contributed by atoms with Crippen LogP contribution in [0.3, 0.4) is 0 Å². The molecule has 0 saturated carbocycles. The minimum Gasteiger partial charge on any atom is -0.507 e. The second kappa shape index (κ2) is 5.77. The Morgan fingerprint density at radius 1 is 1.44 bits per heavy atom. The predicted octanol–water partition coefficient (Wildman–Crippen LogP) is 3.02. The van der Waals surface area contributed by atoms with Crippen LogP contribution in [0, 0.1) is 3.57 Å². The van der Waals surface area contributed by atoms with Crippen molar-refractivity contribution in [3.05, 3.63) is 27.3 Å². The molecule has 1 aromatic carbocycles. The maximum absolute atomic E-state index is 12.3. The average molecular weight is 373 g/mol. The molecule has 0 aromatic heterocycles. The van der Waals surface area contributed by atoms with Crippen molar-refractivity contribution in [2.24, 2.45) is 0 Å². The molecule has 0 fully saturated rings. The molecule has 7 heteroatoms. The molecule has 0 unspecified atom stereocenters. The number of carbonyl (C=O) groups excluding carboxylic acids is 1. The molecule has 0 aliphatic carbocycles. The van der Waals surface area contributed by atoms with E-state index in [2.05, 4.69) is 0 Å². The van der Waals surface area contributed by atoms with Crippen LogP contribution in [-0.4, -0.2) is 35.2 Å². The van der Waals surface area contributed by atoms with Crippen LogP contribution < -0.4 is 0 Å². The first-order valence-corrected chi connectivity index (χ1v) is 6.17. The Hall–Kier alpha value is -0.990. The van der Waals surface area contributed by atoms with Crippen LogP contribution in [0.4, 0.5) is 13.2 Å². The van der Waals surface area contributed by atoms with Gasteiger partial charge in [0.25, 0.3) is 5.91 Å². The van der Waals surface area contributed by atoms with E-state index in [1.165, 1.54) is 19.1 Å². The lowest BCUT2D eigenvalue weighted by Crippen LogP contribution is -2.38. The first kappa shape index (κ1) is 15.1. The molecule has 100 valence electrons. The van der Waals surface area contributed by atoms with E-state index in [-0.39, 0.29) is 17.9 Å². The summed E-state index contributed by atoms with van der Waals surface area (Å²) in [6.45, 7) is 0.0467. The molecule has 1 rings (SSSR count). The quantitative estimate of drug-likeness (QED) is 0.828. The summed E-state index contributed by atoms with van der Waals surface area (Å²) in [7, 11) is 0. The number of nitrogens with zero attached hydrogens (tertiary/aromatic N) is 1. The fourth-order valence-corrected chi connectivity index (χ4v) is 1.88. The van der Waals surface area contributed by atoms with E-state index in [0.717, 1.165) is 0 Å². The molecule has 0 saturated heterocycles. The summed E-state index contributed by atoms with van der Waals surface area (Å²) in [5.41, 5.74) is -0.118. The van der Waals surface area contributed by atoms with Crippen LogP contribution in [-0.2, 0) is 0 Å². The van der Waals surface area contributed by atoms with Gasteiger partial charge in [0.15, 0.2) is 0 Å². The predicted molar refractivity (Wildman–Crippen MR) is 68.5 cm³/mol. The second-order valence-electron chi connectivity index (χ2n) is 3.60. The van der Waals surface area contributed by atoms with Gasteiger partial charge in [0.2, 0.25) is 0 Å². The van der Waals surface area contributed by atoms with Crippen molar-refractivity contribution in [2.75, 3.05) is 13.1 Å². The van der Waals surface area contributed by atoms with Crippen molar-refractivity contribution in [3.63, 3.8) is 0 Å². The van der Waals surface area contributed by atoms with Gasteiger partial charge in [-0.3, -0.25) is 4.79 Å². The van der Waals surface area contributed by atoms with Crippen LogP contribution >= 0.6 is 22.6 Å². The highest BCUT2D eigenvalue weighted by atomic mass is 127. The minimum atomic E-state index is -4.46. The molecule has 3 nitrogen and oxygen atoms in total. The summed E-state index contributed by atoms with van der Waals surface area (Å²) in [6.07, 6.45) is -4.46. The Bertz CT molecular complexity index is 448. The molecular weight excluding hydrogens is 362 g/mol. The third kappa shape index (κ3) is 4.04. The first-order valence-electron chi connectivity index (χ1n) is 5.09. The monoisotopic (exact) mass is 373 g/mol. The highest BCUT2D eigenvalue weighted by Gasteiger charge is 2.33. The lowest BCUT2D eigenvalue weighted by atomic mass is 10.1. The van der Waals surface area contributed by atoms with Crippen LogP contribution in [0.5, 0.6) is 5.75 Å². The second-order valence-corrected chi connectivity index (χ2v) is 4.84. The number of hydrogen-bond donors (Lipinski definition) is 1. The van der Waals surface area contributed by atoms with Gasteiger partial charge in [0.1, 0.15) is 12.3 Å². The smallest absolute Gasteiger partial charge is 0.406 e. The number of alkyl halides is 3. The standard InChI is InChI=1S/C11H11F3INO2/c1-2-16(6-11(12,13)14)10(18)8-5-7(15)3-4-9(8)17/h3-5,17H,2,6H2,1H3. The number of hydrogen-bond acceptors (Lipinski definition) is 2.